The monoisotopic (exact) mass is 389 g/mol. The predicted octanol–water partition coefficient (Wildman–Crippen LogP) is 4.06. The number of nitrogens with one attached hydrogen (secondary N) is 2. The van der Waals surface area contributed by atoms with Gasteiger partial charge in [0, 0.05) is 34.0 Å². The number of benzene rings is 2. The molecule has 0 fully saturated rings. The lowest BCUT2D eigenvalue weighted by molar-refractivity contribution is 0.0998. The van der Waals surface area contributed by atoms with Crippen molar-refractivity contribution in [1.82, 2.24) is 9.97 Å². The third-order valence-electron chi connectivity index (χ3n) is 4.61. The molecule has 0 radical (unpaired) electrons. The van der Waals surface area contributed by atoms with Crippen LogP contribution in [-0.4, -0.2) is 23.0 Å². The number of fused-ring (bicyclic) bond motifs is 1. The Balaban J connectivity index is 1.64. The van der Waals surface area contributed by atoms with Crippen LogP contribution in [0.25, 0.3) is 22.4 Å². The summed E-state index contributed by atoms with van der Waals surface area (Å²) in [5, 5.41) is 3.67. The van der Waals surface area contributed by atoms with Gasteiger partial charge in [-0.1, -0.05) is 12.1 Å². The van der Waals surface area contributed by atoms with Gasteiger partial charge < -0.3 is 19.5 Å². The zero-order chi connectivity index (χ0) is 20.5. The molecule has 2 aromatic heterocycles. The van der Waals surface area contributed by atoms with E-state index < -0.39 is 0 Å². The molecule has 1 amide bonds. The molecule has 7 heteroatoms. The Bertz CT molecular complexity index is 1290. The minimum absolute atomic E-state index is 0.227. The second-order valence-corrected chi connectivity index (χ2v) is 6.69. The largest absolute Gasteiger partial charge is 0.497 e. The summed E-state index contributed by atoms with van der Waals surface area (Å²) in [6, 6.07) is 13.9. The third kappa shape index (κ3) is 3.62. The van der Waals surface area contributed by atoms with E-state index in [0.29, 0.717) is 34.1 Å². The molecule has 2 aromatic carbocycles. The quantitative estimate of drug-likeness (QED) is 0.549. The minimum atomic E-state index is -0.361. The Morgan fingerprint density at radius 1 is 1.14 bits per heavy atom. The Hall–Kier alpha value is -3.87. The van der Waals surface area contributed by atoms with Crippen LogP contribution in [0.2, 0.25) is 0 Å². The van der Waals surface area contributed by atoms with E-state index in [0.717, 1.165) is 10.9 Å². The van der Waals surface area contributed by atoms with Crippen LogP contribution in [0.15, 0.2) is 57.7 Å². The van der Waals surface area contributed by atoms with Crippen molar-refractivity contribution in [2.75, 3.05) is 12.4 Å². The second kappa shape index (κ2) is 7.27. The first-order chi connectivity index (χ1) is 13.9. The fraction of sp³-hybridized carbons (Fsp3) is 0.136. The highest BCUT2D eigenvalue weighted by Gasteiger charge is 2.18. The van der Waals surface area contributed by atoms with Crippen molar-refractivity contribution in [2.45, 2.75) is 13.8 Å². The highest BCUT2D eigenvalue weighted by Crippen LogP contribution is 2.29. The zero-order valence-electron chi connectivity index (χ0n) is 16.2. The Morgan fingerprint density at radius 3 is 2.72 bits per heavy atom. The number of aromatic nitrogens is 2. The molecule has 7 nitrogen and oxygen atoms in total. The smallest absolute Gasteiger partial charge is 0.291 e. The molecule has 2 heterocycles. The van der Waals surface area contributed by atoms with Crippen molar-refractivity contribution in [2.24, 2.45) is 0 Å². The first-order valence-electron chi connectivity index (χ1n) is 9.01. The van der Waals surface area contributed by atoms with Crippen LogP contribution in [0.5, 0.6) is 5.75 Å². The molecule has 0 aliphatic rings. The van der Waals surface area contributed by atoms with Crippen LogP contribution < -0.4 is 15.6 Å². The summed E-state index contributed by atoms with van der Waals surface area (Å²) >= 11 is 0. The van der Waals surface area contributed by atoms with Crippen LogP contribution in [0.4, 0.5) is 5.69 Å². The van der Waals surface area contributed by atoms with E-state index in [1.807, 2.05) is 19.1 Å². The molecular formula is C22H19N3O4. The fourth-order valence-corrected chi connectivity index (χ4v) is 3.19. The molecule has 2 N–H and O–H groups in total. The number of anilines is 1. The van der Waals surface area contributed by atoms with Crippen LogP contribution >= 0.6 is 0 Å². The molecular weight excluding hydrogens is 370 g/mol. The maximum Gasteiger partial charge on any atom is 0.291 e. The van der Waals surface area contributed by atoms with E-state index in [1.54, 1.807) is 44.4 Å². The summed E-state index contributed by atoms with van der Waals surface area (Å²) < 4.78 is 11.0. The molecule has 0 saturated carbocycles. The number of amides is 1. The number of hydrogen-bond acceptors (Lipinski definition) is 5. The fourth-order valence-electron chi connectivity index (χ4n) is 3.19. The molecule has 146 valence electrons. The molecule has 0 aliphatic heterocycles. The highest BCUT2D eigenvalue weighted by molar-refractivity contribution is 6.06. The van der Waals surface area contributed by atoms with Gasteiger partial charge in [-0.25, -0.2) is 4.98 Å². The lowest BCUT2D eigenvalue weighted by Gasteiger charge is -2.07. The van der Waals surface area contributed by atoms with Gasteiger partial charge in [-0.2, -0.15) is 0 Å². The van der Waals surface area contributed by atoms with Gasteiger partial charge >= 0.3 is 0 Å². The summed E-state index contributed by atoms with van der Waals surface area (Å²) in [5.74, 6) is 1.01. The van der Waals surface area contributed by atoms with Crippen LogP contribution in [0.3, 0.4) is 0 Å². The van der Waals surface area contributed by atoms with E-state index in [2.05, 4.69) is 15.3 Å². The van der Waals surface area contributed by atoms with Gasteiger partial charge in [-0.15, -0.1) is 0 Å². The Labute approximate surface area is 166 Å². The predicted molar refractivity (Wildman–Crippen MR) is 110 cm³/mol. The lowest BCUT2D eigenvalue weighted by Crippen LogP contribution is -2.12. The van der Waals surface area contributed by atoms with Gasteiger partial charge in [0.1, 0.15) is 17.2 Å². The lowest BCUT2D eigenvalue weighted by atomic mass is 10.1. The molecule has 4 rings (SSSR count). The van der Waals surface area contributed by atoms with Gasteiger partial charge in [0.05, 0.1) is 7.11 Å². The Kier molecular flexibility index (Phi) is 4.64. The molecule has 0 bridgehead atoms. The number of rotatable bonds is 4. The molecule has 0 saturated heterocycles. The van der Waals surface area contributed by atoms with E-state index in [-0.39, 0.29) is 17.2 Å². The summed E-state index contributed by atoms with van der Waals surface area (Å²) in [5.41, 5.74) is 2.99. The number of methoxy groups -OCH3 is 1. The summed E-state index contributed by atoms with van der Waals surface area (Å²) in [4.78, 5) is 31.6. The van der Waals surface area contributed by atoms with Gasteiger partial charge in [0.25, 0.3) is 11.5 Å². The molecule has 0 spiro atoms. The van der Waals surface area contributed by atoms with Gasteiger partial charge in [0.2, 0.25) is 0 Å². The van der Waals surface area contributed by atoms with Gasteiger partial charge in [-0.05, 0) is 44.2 Å². The average molecular weight is 389 g/mol. The topological polar surface area (TPSA) is 97.2 Å². The molecule has 0 atom stereocenters. The minimum Gasteiger partial charge on any atom is -0.497 e. The van der Waals surface area contributed by atoms with E-state index >= 15 is 0 Å². The number of carbonyl (C=O) groups excluding carboxylic acids is 1. The first kappa shape index (κ1) is 18.5. The van der Waals surface area contributed by atoms with Crippen molar-refractivity contribution < 1.29 is 13.9 Å². The third-order valence-corrected chi connectivity index (χ3v) is 4.61. The standard InChI is InChI=1S/C22H19N3O4/c1-12-9-19(26)25-21(23-12)14-5-4-6-15(10-14)24-22(27)20-13(2)17-11-16(28-3)7-8-18(17)29-20/h4-11H,1-3H3,(H,24,27)(H,23,25,26). The van der Waals surface area contributed by atoms with Crippen molar-refractivity contribution >= 4 is 22.6 Å². The first-order valence-corrected chi connectivity index (χ1v) is 9.01. The van der Waals surface area contributed by atoms with Crippen molar-refractivity contribution in [3.8, 4) is 17.1 Å². The molecule has 4 aromatic rings. The van der Waals surface area contributed by atoms with Crippen molar-refractivity contribution in [3.63, 3.8) is 0 Å². The summed E-state index contributed by atoms with van der Waals surface area (Å²) in [7, 11) is 1.59. The number of furan rings is 1. The maximum atomic E-state index is 12.8. The zero-order valence-corrected chi connectivity index (χ0v) is 16.2. The van der Waals surface area contributed by atoms with Crippen molar-refractivity contribution in [1.29, 1.82) is 0 Å². The number of H-pyrrole nitrogens is 1. The number of aryl methyl sites for hydroxylation is 2. The number of carbonyl (C=O) groups is 1. The van der Waals surface area contributed by atoms with Gasteiger partial charge in [-0.3, -0.25) is 9.59 Å². The van der Waals surface area contributed by atoms with E-state index in [4.69, 9.17) is 9.15 Å². The average Bonchev–Trinajstić information content (AvgIpc) is 3.03. The molecule has 0 aliphatic carbocycles. The number of aromatic amines is 1. The maximum absolute atomic E-state index is 12.8. The van der Waals surface area contributed by atoms with E-state index in [9.17, 15) is 9.59 Å². The molecule has 29 heavy (non-hydrogen) atoms. The number of ether oxygens (including phenoxy) is 1. The van der Waals surface area contributed by atoms with Crippen LogP contribution in [-0.2, 0) is 0 Å². The summed E-state index contributed by atoms with van der Waals surface area (Å²) in [6.45, 7) is 3.59. The number of nitrogens with zero attached hydrogens (tertiary/aromatic N) is 1. The van der Waals surface area contributed by atoms with Crippen LogP contribution in [0, 0.1) is 13.8 Å². The number of hydrogen-bond donors (Lipinski definition) is 2. The highest BCUT2D eigenvalue weighted by atomic mass is 16.5. The van der Waals surface area contributed by atoms with E-state index in [1.165, 1.54) is 6.07 Å². The Morgan fingerprint density at radius 2 is 1.97 bits per heavy atom. The molecule has 0 unspecified atom stereocenters. The van der Waals surface area contributed by atoms with Gasteiger partial charge in [0.15, 0.2) is 5.76 Å². The summed E-state index contributed by atoms with van der Waals surface area (Å²) in [6.07, 6.45) is 0. The second-order valence-electron chi connectivity index (χ2n) is 6.69. The normalized spacial score (nSPS) is 10.9. The van der Waals surface area contributed by atoms with Crippen molar-refractivity contribution in [3.05, 3.63) is 75.9 Å². The SMILES string of the molecule is COc1ccc2oc(C(=O)Nc3cccc(-c4nc(C)cc(=O)[nH]4)c3)c(C)c2c1. The van der Waals surface area contributed by atoms with Crippen LogP contribution in [0.1, 0.15) is 21.8 Å².